The highest BCUT2D eigenvalue weighted by molar-refractivity contribution is 5.80. The van der Waals surface area contributed by atoms with Gasteiger partial charge in [0.1, 0.15) is 29.8 Å². The van der Waals surface area contributed by atoms with Crippen molar-refractivity contribution in [2.24, 2.45) is 0 Å². The van der Waals surface area contributed by atoms with E-state index in [0.29, 0.717) is 12.4 Å². The maximum atomic E-state index is 13.2. The van der Waals surface area contributed by atoms with Crippen LogP contribution in [0.3, 0.4) is 0 Å². The third kappa shape index (κ3) is 9.41. The number of methoxy groups -OCH3 is 2. The molecule has 0 aromatic heterocycles. The molecule has 4 aromatic rings. The fraction of sp³-hybridized carbons (Fsp3) is 0.342. The topological polar surface area (TPSA) is 107 Å². The van der Waals surface area contributed by atoms with Gasteiger partial charge in [-0.2, -0.15) is 0 Å². The Morgan fingerprint density at radius 1 is 0.702 bits per heavy atom. The van der Waals surface area contributed by atoms with E-state index >= 15 is 0 Å². The number of rotatable bonds is 17. The van der Waals surface area contributed by atoms with Crippen LogP contribution < -0.4 is 9.47 Å². The first-order valence-electron chi connectivity index (χ1n) is 15.8. The number of hydrogen-bond acceptors (Lipinski definition) is 8. The van der Waals surface area contributed by atoms with Crippen molar-refractivity contribution >= 4 is 5.91 Å². The number of amides is 1. The zero-order valence-corrected chi connectivity index (χ0v) is 26.8. The van der Waals surface area contributed by atoms with Gasteiger partial charge in [-0.05, 0) is 46.5 Å². The second-order valence-electron chi connectivity index (χ2n) is 11.6. The number of aliphatic hydroxyl groups is 2. The minimum atomic E-state index is -1.30. The van der Waals surface area contributed by atoms with Gasteiger partial charge in [-0.3, -0.25) is 4.79 Å². The van der Waals surface area contributed by atoms with E-state index in [9.17, 15) is 15.0 Å². The molecule has 0 unspecified atom stereocenters. The van der Waals surface area contributed by atoms with Crippen molar-refractivity contribution in [1.82, 2.24) is 4.90 Å². The number of aliphatic hydroxyl groups excluding tert-OH is 2. The van der Waals surface area contributed by atoms with Gasteiger partial charge >= 0.3 is 0 Å². The van der Waals surface area contributed by atoms with Crippen LogP contribution in [0.25, 0.3) is 0 Å². The molecule has 1 amide bonds. The highest BCUT2D eigenvalue weighted by atomic mass is 16.6. The van der Waals surface area contributed by atoms with Gasteiger partial charge in [0.05, 0.1) is 59.2 Å². The number of carbonyl (C=O) groups excluding carboxylic acids is 1. The first-order chi connectivity index (χ1) is 22.9. The Hall–Kier alpha value is -4.25. The van der Waals surface area contributed by atoms with Gasteiger partial charge in [0.15, 0.2) is 0 Å². The summed E-state index contributed by atoms with van der Waals surface area (Å²) in [5.74, 6) is 1.19. The second-order valence-corrected chi connectivity index (χ2v) is 11.6. The largest absolute Gasteiger partial charge is 0.497 e. The van der Waals surface area contributed by atoms with Crippen LogP contribution in [-0.4, -0.2) is 72.3 Å². The Morgan fingerprint density at radius 2 is 1.21 bits per heavy atom. The molecule has 9 heteroatoms. The minimum absolute atomic E-state index is 0.0879. The van der Waals surface area contributed by atoms with Crippen LogP contribution in [0.5, 0.6) is 11.5 Å². The minimum Gasteiger partial charge on any atom is -0.497 e. The normalized spacial score (nSPS) is 18.1. The van der Waals surface area contributed by atoms with Crippen molar-refractivity contribution in [2.45, 2.75) is 63.2 Å². The molecule has 2 N–H and O–H groups in total. The molecule has 0 bridgehead atoms. The van der Waals surface area contributed by atoms with Crippen LogP contribution in [0, 0.1) is 0 Å². The van der Waals surface area contributed by atoms with E-state index in [2.05, 4.69) is 0 Å². The van der Waals surface area contributed by atoms with Crippen LogP contribution in [0.1, 0.15) is 28.7 Å². The van der Waals surface area contributed by atoms with Gasteiger partial charge in [-0.15, -0.1) is 0 Å². The van der Waals surface area contributed by atoms with Gasteiger partial charge in [0.25, 0.3) is 0 Å². The smallest absolute Gasteiger partial charge is 0.225 e. The first-order valence-corrected chi connectivity index (χ1v) is 15.8. The van der Waals surface area contributed by atoms with E-state index in [1.54, 1.807) is 14.2 Å². The molecule has 0 aliphatic carbocycles. The molecule has 1 fully saturated rings. The number of nitrogens with zero attached hydrogens (tertiary/aromatic N) is 1. The number of carbonyl (C=O) groups is 1. The molecule has 9 nitrogen and oxygen atoms in total. The highest BCUT2D eigenvalue weighted by Crippen LogP contribution is 2.30. The fourth-order valence-electron chi connectivity index (χ4n) is 5.74. The first kappa shape index (κ1) is 34.1. The summed E-state index contributed by atoms with van der Waals surface area (Å²) in [5, 5.41) is 23.3. The van der Waals surface area contributed by atoms with Crippen LogP contribution in [-0.2, 0) is 45.4 Å². The lowest BCUT2D eigenvalue weighted by Crippen LogP contribution is -2.55. The van der Waals surface area contributed by atoms with Crippen molar-refractivity contribution in [2.75, 3.05) is 20.8 Å². The van der Waals surface area contributed by atoms with Crippen molar-refractivity contribution in [3.8, 4) is 11.5 Å². The number of ether oxygens (including phenoxy) is 5. The number of benzene rings is 4. The van der Waals surface area contributed by atoms with Crippen LogP contribution >= 0.6 is 0 Å². The zero-order chi connectivity index (χ0) is 33.0. The van der Waals surface area contributed by atoms with Crippen molar-refractivity contribution in [3.63, 3.8) is 0 Å². The summed E-state index contributed by atoms with van der Waals surface area (Å²) in [4.78, 5) is 14.7. The molecule has 0 radical (unpaired) electrons. The lowest BCUT2D eigenvalue weighted by Gasteiger charge is -2.38. The predicted octanol–water partition coefficient (Wildman–Crippen LogP) is 4.91. The molecule has 5 rings (SSSR count). The molecule has 248 valence electrons. The van der Waals surface area contributed by atoms with E-state index in [1.807, 2.05) is 109 Å². The van der Waals surface area contributed by atoms with Crippen LogP contribution in [0.15, 0.2) is 109 Å². The Bertz CT molecular complexity index is 1500. The van der Waals surface area contributed by atoms with Gasteiger partial charge in [0, 0.05) is 6.54 Å². The van der Waals surface area contributed by atoms with Gasteiger partial charge in [0.2, 0.25) is 5.91 Å². The van der Waals surface area contributed by atoms with Crippen LogP contribution in [0.4, 0.5) is 0 Å². The molecule has 4 aromatic carbocycles. The summed E-state index contributed by atoms with van der Waals surface area (Å²) in [7, 11) is 3.21. The molecule has 1 aliphatic heterocycles. The second kappa shape index (κ2) is 17.1. The fourth-order valence-corrected chi connectivity index (χ4v) is 5.74. The standard InChI is InChI=1S/C38H43NO8/c1-43-31-17-13-27(14-18-31)22-39-35(41)21-33(40)36(39)37(42)38(47-25-29-11-7-4-8-12-29)34(46-24-28-9-5-3-6-10-28)26-45-23-30-15-19-32(44-2)20-16-30/h3-20,33-34,36-38,40,42H,21-26H2,1-2H3/t33-,34-,36+,37+,38+/m0/s1. The summed E-state index contributed by atoms with van der Waals surface area (Å²) in [6, 6.07) is 33.4. The lowest BCUT2D eigenvalue weighted by molar-refractivity contribution is -0.172. The average molecular weight is 642 g/mol. The number of hydrogen-bond donors (Lipinski definition) is 2. The van der Waals surface area contributed by atoms with E-state index in [0.717, 1.165) is 28.0 Å². The molecule has 5 atom stereocenters. The SMILES string of the molecule is COc1ccc(COC[C@H](OCc2ccccc2)[C@@H](OCc2ccccc2)[C@H](O)[C@H]2[C@@H](O)CC(=O)N2Cc2ccc(OC)cc2)cc1. The highest BCUT2D eigenvalue weighted by Gasteiger charge is 2.47. The maximum Gasteiger partial charge on any atom is 0.225 e. The molecule has 1 saturated heterocycles. The van der Waals surface area contributed by atoms with Crippen molar-refractivity contribution in [3.05, 3.63) is 131 Å². The summed E-state index contributed by atoms with van der Waals surface area (Å²) in [6.07, 6.45) is -4.22. The molecule has 47 heavy (non-hydrogen) atoms. The summed E-state index contributed by atoms with van der Waals surface area (Å²) >= 11 is 0. The molecular weight excluding hydrogens is 598 g/mol. The summed E-state index contributed by atoms with van der Waals surface area (Å²) < 4.78 is 29.6. The Kier molecular flexibility index (Phi) is 12.4. The predicted molar refractivity (Wildman–Crippen MR) is 177 cm³/mol. The van der Waals surface area contributed by atoms with E-state index in [1.165, 1.54) is 4.90 Å². The molecule has 0 spiro atoms. The van der Waals surface area contributed by atoms with E-state index < -0.39 is 30.5 Å². The third-order valence-electron chi connectivity index (χ3n) is 8.33. The van der Waals surface area contributed by atoms with E-state index in [-0.39, 0.29) is 38.7 Å². The maximum absolute atomic E-state index is 13.2. The lowest BCUT2D eigenvalue weighted by atomic mass is 9.96. The number of likely N-dealkylation sites (tertiary alicyclic amines) is 1. The Balaban J connectivity index is 1.40. The Morgan fingerprint density at radius 3 is 1.77 bits per heavy atom. The quantitative estimate of drug-likeness (QED) is 0.168. The molecule has 1 aliphatic rings. The Labute approximate surface area is 276 Å². The van der Waals surface area contributed by atoms with Crippen LogP contribution in [0.2, 0.25) is 0 Å². The van der Waals surface area contributed by atoms with E-state index in [4.69, 9.17) is 23.7 Å². The monoisotopic (exact) mass is 641 g/mol. The zero-order valence-electron chi connectivity index (χ0n) is 26.8. The summed E-state index contributed by atoms with van der Waals surface area (Å²) in [6.45, 7) is 1.02. The molecular formula is C38H43NO8. The van der Waals surface area contributed by atoms with Gasteiger partial charge < -0.3 is 38.8 Å². The molecule has 1 heterocycles. The van der Waals surface area contributed by atoms with Gasteiger partial charge in [-0.1, -0.05) is 84.9 Å². The molecule has 0 saturated carbocycles. The van der Waals surface area contributed by atoms with Crippen molar-refractivity contribution in [1.29, 1.82) is 0 Å². The summed E-state index contributed by atoms with van der Waals surface area (Å²) in [5.41, 5.74) is 3.63. The van der Waals surface area contributed by atoms with Crippen molar-refractivity contribution < 1.29 is 38.7 Å². The average Bonchev–Trinajstić information content (AvgIpc) is 3.39. The van der Waals surface area contributed by atoms with Gasteiger partial charge in [-0.25, -0.2) is 0 Å². The third-order valence-corrected chi connectivity index (χ3v) is 8.33.